The van der Waals surface area contributed by atoms with Gasteiger partial charge in [-0.1, -0.05) is 37.3 Å². The van der Waals surface area contributed by atoms with Crippen molar-refractivity contribution in [1.29, 1.82) is 0 Å². The number of aliphatic hydroxyl groups excluding tert-OH is 1. The summed E-state index contributed by atoms with van der Waals surface area (Å²) in [4.78, 5) is 10.7. The normalized spacial score (nSPS) is 17.9. The molecule has 1 unspecified atom stereocenters. The van der Waals surface area contributed by atoms with Crippen LogP contribution in [-0.2, 0) is 10.0 Å². The summed E-state index contributed by atoms with van der Waals surface area (Å²) in [5.41, 5.74) is 0.847. The molecule has 0 radical (unpaired) electrons. The van der Waals surface area contributed by atoms with Crippen LogP contribution in [0.25, 0.3) is 11.4 Å². The predicted molar refractivity (Wildman–Crippen MR) is 99.0 cm³/mol. The lowest BCUT2D eigenvalue weighted by Crippen LogP contribution is -2.52. The van der Waals surface area contributed by atoms with Crippen molar-refractivity contribution in [3.63, 3.8) is 0 Å². The van der Waals surface area contributed by atoms with Gasteiger partial charge in [-0.25, -0.2) is 18.4 Å². The molecule has 1 fully saturated rings. The SMILES string of the molecule is CCC(CO)N1CCN(S(=O)(=O)c2cnc(-c3ccccc3)nc2)CC1. The van der Waals surface area contributed by atoms with E-state index >= 15 is 0 Å². The third-order valence-electron chi connectivity index (χ3n) is 4.77. The number of sulfonamides is 1. The third-order valence-corrected chi connectivity index (χ3v) is 6.62. The molecule has 0 aliphatic carbocycles. The highest BCUT2D eigenvalue weighted by molar-refractivity contribution is 7.89. The Kier molecular flexibility index (Phi) is 5.98. The molecule has 2 aromatic rings. The number of nitrogens with zero attached hydrogens (tertiary/aromatic N) is 4. The summed E-state index contributed by atoms with van der Waals surface area (Å²) in [6.07, 6.45) is 3.59. The molecular weight excluding hydrogens is 352 g/mol. The third kappa shape index (κ3) is 3.93. The summed E-state index contributed by atoms with van der Waals surface area (Å²) in [6.45, 7) is 4.15. The van der Waals surface area contributed by atoms with Gasteiger partial charge in [-0.15, -0.1) is 0 Å². The minimum absolute atomic E-state index is 0.0911. The lowest BCUT2D eigenvalue weighted by Gasteiger charge is -2.37. The highest BCUT2D eigenvalue weighted by Gasteiger charge is 2.30. The highest BCUT2D eigenvalue weighted by atomic mass is 32.2. The standard InChI is InChI=1S/C18H24N4O3S/c1-2-16(14-23)21-8-10-22(11-9-21)26(24,25)17-12-19-18(20-13-17)15-6-4-3-5-7-15/h3-7,12-13,16,23H,2,8-11,14H2,1H3. The Morgan fingerprint density at radius 2 is 1.69 bits per heavy atom. The van der Waals surface area contributed by atoms with Crippen molar-refractivity contribution in [3.8, 4) is 11.4 Å². The molecule has 1 atom stereocenters. The predicted octanol–water partition coefficient (Wildman–Crippen LogP) is 1.22. The first-order chi connectivity index (χ1) is 12.6. The van der Waals surface area contributed by atoms with Crippen LogP contribution in [-0.4, -0.2) is 71.5 Å². The molecular formula is C18H24N4O3S. The number of hydrogen-bond donors (Lipinski definition) is 1. The Morgan fingerprint density at radius 1 is 1.08 bits per heavy atom. The highest BCUT2D eigenvalue weighted by Crippen LogP contribution is 2.20. The van der Waals surface area contributed by atoms with E-state index in [-0.39, 0.29) is 17.5 Å². The van der Waals surface area contributed by atoms with Gasteiger partial charge < -0.3 is 5.11 Å². The van der Waals surface area contributed by atoms with E-state index in [1.807, 2.05) is 37.3 Å². The summed E-state index contributed by atoms with van der Waals surface area (Å²) in [7, 11) is -3.60. The number of aliphatic hydroxyl groups is 1. The Labute approximate surface area is 154 Å². The van der Waals surface area contributed by atoms with Gasteiger partial charge in [0.15, 0.2) is 5.82 Å². The fourth-order valence-electron chi connectivity index (χ4n) is 3.15. The average molecular weight is 376 g/mol. The monoisotopic (exact) mass is 376 g/mol. The number of hydrogen-bond acceptors (Lipinski definition) is 6. The van der Waals surface area contributed by atoms with Crippen molar-refractivity contribution in [2.24, 2.45) is 0 Å². The van der Waals surface area contributed by atoms with Gasteiger partial charge in [0.25, 0.3) is 0 Å². The molecule has 1 aliphatic rings. The van der Waals surface area contributed by atoms with Crippen molar-refractivity contribution >= 4 is 10.0 Å². The lowest BCUT2D eigenvalue weighted by atomic mass is 10.2. The van der Waals surface area contributed by atoms with E-state index in [0.29, 0.717) is 32.0 Å². The van der Waals surface area contributed by atoms with Crippen LogP contribution in [0.2, 0.25) is 0 Å². The van der Waals surface area contributed by atoms with Crippen LogP contribution in [0.15, 0.2) is 47.6 Å². The molecule has 8 heteroatoms. The zero-order valence-electron chi connectivity index (χ0n) is 14.8. The van der Waals surface area contributed by atoms with Crippen molar-refractivity contribution in [3.05, 3.63) is 42.7 Å². The first-order valence-corrected chi connectivity index (χ1v) is 10.2. The fourth-order valence-corrected chi connectivity index (χ4v) is 4.46. The molecule has 0 spiro atoms. The largest absolute Gasteiger partial charge is 0.395 e. The van der Waals surface area contributed by atoms with Crippen LogP contribution < -0.4 is 0 Å². The molecule has 1 aliphatic heterocycles. The molecule has 3 rings (SSSR count). The second-order valence-corrected chi connectivity index (χ2v) is 8.23. The molecule has 1 aromatic carbocycles. The van der Waals surface area contributed by atoms with Gasteiger partial charge in [0.2, 0.25) is 10.0 Å². The van der Waals surface area contributed by atoms with Crippen LogP contribution in [0.3, 0.4) is 0 Å². The minimum Gasteiger partial charge on any atom is -0.395 e. The molecule has 0 amide bonds. The van der Waals surface area contributed by atoms with Crippen LogP contribution in [0, 0.1) is 0 Å². The number of aromatic nitrogens is 2. The molecule has 7 nitrogen and oxygen atoms in total. The molecule has 26 heavy (non-hydrogen) atoms. The number of rotatable bonds is 6. The van der Waals surface area contributed by atoms with Crippen LogP contribution in [0.4, 0.5) is 0 Å². The molecule has 2 heterocycles. The van der Waals surface area contributed by atoms with Crippen LogP contribution in [0.1, 0.15) is 13.3 Å². The van der Waals surface area contributed by atoms with Gasteiger partial charge in [-0.2, -0.15) is 4.31 Å². The van der Waals surface area contributed by atoms with Crippen molar-refractivity contribution < 1.29 is 13.5 Å². The Hall–Kier alpha value is -1.87. The summed E-state index contributed by atoms with van der Waals surface area (Å²) in [5.74, 6) is 0.503. The number of benzene rings is 1. The van der Waals surface area contributed by atoms with Crippen LogP contribution in [0.5, 0.6) is 0 Å². The molecule has 0 saturated carbocycles. The maximum absolute atomic E-state index is 12.8. The Balaban J connectivity index is 1.71. The van der Waals surface area contributed by atoms with Gasteiger partial charge in [-0.3, -0.25) is 4.90 Å². The van der Waals surface area contributed by atoms with Crippen molar-refractivity contribution in [1.82, 2.24) is 19.2 Å². The maximum Gasteiger partial charge on any atom is 0.246 e. The Bertz CT molecular complexity index is 800. The Morgan fingerprint density at radius 3 is 2.23 bits per heavy atom. The maximum atomic E-state index is 12.8. The van der Waals surface area contributed by atoms with E-state index in [2.05, 4.69) is 14.9 Å². The lowest BCUT2D eigenvalue weighted by molar-refractivity contribution is 0.0881. The van der Waals surface area contributed by atoms with E-state index in [4.69, 9.17) is 0 Å². The van der Waals surface area contributed by atoms with Crippen molar-refractivity contribution in [2.75, 3.05) is 32.8 Å². The molecule has 1 saturated heterocycles. The summed E-state index contributed by atoms with van der Waals surface area (Å²) < 4.78 is 27.1. The second kappa shape index (κ2) is 8.22. The van der Waals surface area contributed by atoms with Crippen molar-refractivity contribution in [2.45, 2.75) is 24.3 Å². The average Bonchev–Trinajstić information content (AvgIpc) is 2.70. The second-order valence-electron chi connectivity index (χ2n) is 6.29. The summed E-state index contributed by atoms with van der Waals surface area (Å²) >= 11 is 0. The zero-order valence-corrected chi connectivity index (χ0v) is 15.6. The first kappa shape index (κ1) is 18.9. The van der Waals surface area contributed by atoms with Gasteiger partial charge in [0.05, 0.1) is 19.0 Å². The van der Waals surface area contributed by atoms with Gasteiger partial charge >= 0.3 is 0 Å². The van der Waals surface area contributed by atoms with E-state index < -0.39 is 10.0 Å². The van der Waals surface area contributed by atoms with E-state index in [1.54, 1.807) is 0 Å². The fraction of sp³-hybridized carbons (Fsp3) is 0.444. The van der Waals surface area contributed by atoms with E-state index in [9.17, 15) is 13.5 Å². The molecule has 1 N–H and O–H groups in total. The summed E-state index contributed by atoms with van der Waals surface area (Å²) in [6, 6.07) is 9.54. The van der Waals surface area contributed by atoms with E-state index in [1.165, 1.54) is 16.7 Å². The minimum atomic E-state index is -3.60. The smallest absolute Gasteiger partial charge is 0.246 e. The quantitative estimate of drug-likeness (QED) is 0.816. The van der Waals surface area contributed by atoms with E-state index in [0.717, 1.165) is 12.0 Å². The van der Waals surface area contributed by atoms with Gasteiger partial charge in [0, 0.05) is 37.8 Å². The molecule has 0 bridgehead atoms. The van der Waals surface area contributed by atoms with Crippen LogP contribution >= 0.6 is 0 Å². The molecule has 140 valence electrons. The summed E-state index contributed by atoms with van der Waals surface area (Å²) in [5, 5.41) is 9.41. The first-order valence-electron chi connectivity index (χ1n) is 8.78. The number of piperazine rings is 1. The van der Waals surface area contributed by atoms with Gasteiger partial charge in [-0.05, 0) is 6.42 Å². The molecule has 1 aromatic heterocycles. The van der Waals surface area contributed by atoms with Gasteiger partial charge in [0.1, 0.15) is 4.90 Å². The topological polar surface area (TPSA) is 86.6 Å². The zero-order chi connectivity index (χ0) is 18.6.